The van der Waals surface area contributed by atoms with Gasteiger partial charge in [-0.15, -0.1) is 0 Å². The highest BCUT2D eigenvalue weighted by molar-refractivity contribution is 4.79. The molecule has 72 valence electrons. The zero-order chi connectivity index (χ0) is 9.03. The number of rotatable bonds is 3. The second-order valence-electron chi connectivity index (χ2n) is 4.46. The Morgan fingerprint density at radius 3 is 2.42 bits per heavy atom. The first kappa shape index (κ1) is 10.0. The predicted molar refractivity (Wildman–Crippen MR) is 51.3 cm³/mol. The van der Waals surface area contributed by atoms with Crippen LogP contribution in [0.1, 0.15) is 33.6 Å². The predicted octanol–water partition coefficient (Wildman–Crippen LogP) is 1.80. The summed E-state index contributed by atoms with van der Waals surface area (Å²) in [6.07, 6.45) is 2.40. The summed E-state index contributed by atoms with van der Waals surface area (Å²) < 4.78 is 5.34. The topological polar surface area (TPSA) is 21.3 Å². The fraction of sp³-hybridized carbons (Fsp3) is 1.00. The molecule has 0 aromatic heterocycles. The molecular formula is C10H21NO. The second kappa shape index (κ2) is 4.24. The van der Waals surface area contributed by atoms with E-state index < -0.39 is 0 Å². The Balaban J connectivity index is 2.26. The van der Waals surface area contributed by atoms with Gasteiger partial charge in [0, 0.05) is 25.8 Å². The Labute approximate surface area is 75.7 Å². The van der Waals surface area contributed by atoms with Crippen molar-refractivity contribution in [2.75, 3.05) is 19.8 Å². The van der Waals surface area contributed by atoms with E-state index in [1.807, 2.05) is 0 Å². The molecule has 1 saturated heterocycles. The molecule has 1 heterocycles. The van der Waals surface area contributed by atoms with Crippen molar-refractivity contribution in [3.63, 3.8) is 0 Å². The number of ether oxygens (including phenoxy) is 1. The third-order valence-electron chi connectivity index (χ3n) is 2.64. The standard InChI is InChI=1S/C10H21NO/c1-9(2)11-8-10(3)4-6-12-7-5-10/h9,11H,4-8H2,1-3H3. The SMILES string of the molecule is CC(C)NCC1(C)CCOCC1. The largest absolute Gasteiger partial charge is 0.381 e. The van der Waals surface area contributed by atoms with Crippen molar-refractivity contribution < 1.29 is 4.74 Å². The van der Waals surface area contributed by atoms with Gasteiger partial charge in [-0.1, -0.05) is 20.8 Å². The lowest BCUT2D eigenvalue weighted by Gasteiger charge is -2.34. The average Bonchev–Trinajstić information content (AvgIpc) is 2.03. The molecule has 0 radical (unpaired) electrons. The fourth-order valence-electron chi connectivity index (χ4n) is 1.49. The van der Waals surface area contributed by atoms with Crippen LogP contribution < -0.4 is 5.32 Å². The van der Waals surface area contributed by atoms with Crippen LogP contribution in [0.5, 0.6) is 0 Å². The molecule has 1 aliphatic heterocycles. The molecule has 0 saturated carbocycles. The molecule has 1 aliphatic rings. The lowest BCUT2D eigenvalue weighted by molar-refractivity contribution is 0.0233. The highest BCUT2D eigenvalue weighted by atomic mass is 16.5. The molecule has 1 fully saturated rings. The van der Waals surface area contributed by atoms with E-state index in [0.717, 1.165) is 19.8 Å². The van der Waals surface area contributed by atoms with Crippen molar-refractivity contribution in [1.82, 2.24) is 5.32 Å². The molecule has 0 unspecified atom stereocenters. The molecule has 0 atom stereocenters. The van der Waals surface area contributed by atoms with Gasteiger partial charge < -0.3 is 10.1 Å². The van der Waals surface area contributed by atoms with E-state index in [2.05, 4.69) is 26.1 Å². The van der Waals surface area contributed by atoms with E-state index in [9.17, 15) is 0 Å². The minimum atomic E-state index is 0.475. The van der Waals surface area contributed by atoms with Crippen molar-refractivity contribution in [1.29, 1.82) is 0 Å². The lowest BCUT2D eigenvalue weighted by Crippen LogP contribution is -2.39. The summed E-state index contributed by atoms with van der Waals surface area (Å²) in [4.78, 5) is 0. The molecule has 2 nitrogen and oxygen atoms in total. The molecule has 0 bridgehead atoms. The van der Waals surface area contributed by atoms with Gasteiger partial charge in [0.15, 0.2) is 0 Å². The summed E-state index contributed by atoms with van der Waals surface area (Å²) in [7, 11) is 0. The first-order chi connectivity index (χ1) is 5.62. The Bertz CT molecular complexity index is 128. The zero-order valence-corrected chi connectivity index (χ0v) is 8.52. The van der Waals surface area contributed by atoms with Gasteiger partial charge in [-0.25, -0.2) is 0 Å². The van der Waals surface area contributed by atoms with Crippen LogP contribution in [-0.4, -0.2) is 25.8 Å². The molecule has 0 aliphatic carbocycles. The van der Waals surface area contributed by atoms with Crippen molar-refractivity contribution in [2.45, 2.75) is 39.7 Å². The minimum Gasteiger partial charge on any atom is -0.381 e. The third kappa shape index (κ3) is 3.11. The average molecular weight is 171 g/mol. The maximum absolute atomic E-state index is 5.34. The summed E-state index contributed by atoms with van der Waals surface area (Å²) in [6, 6.07) is 0.602. The van der Waals surface area contributed by atoms with Crippen molar-refractivity contribution >= 4 is 0 Å². The Morgan fingerprint density at radius 2 is 1.92 bits per heavy atom. The van der Waals surface area contributed by atoms with Crippen molar-refractivity contribution in [3.8, 4) is 0 Å². The summed E-state index contributed by atoms with van der Waals surface area (Å²) in [5, 5.41) is 3.50. The molecule has 1 N–H and O–H groups in total. The van der Waals surface area contributed by atoms with Gasteiger partial charge in [0.25, 0.3) is 0 Å². The maximum atomic E-state index is 5.34. The fourth-order valence-corrected chi connectivity index (χ4v) is 1.49. The minimum absolute atomic E-state index is 0.475. The first-order valence-electron chi connectivity index (χ1n) is 4.93. The van der Waals surface area contributed by atoms with Gasteiger partial charge >= 0.3 is 0 Å². The van der Waals surface area contributed by atoms with E-state index in [1.165, 1.54) is 12.8 Å². The molecular weight excluding hydrogens is 150 g/mol. The normalized spacial score (nSPS) is 23.0. The van der Waals surface area contributed by atoms with E-state index in [1.54, 1.807) is 0 Å². The van der Waals surface area contributed by atoms with Gasteiger partial charge in [-0.3, -0.25) is 0 Å². The molecule has 2 heteroatoms. The molecule has 0 aromatic rings. The monoisotopic (exact) mass is 171 g/mol. The number of hydrogen-bond donors (Lipinski definition) is 1. The van der Waals surface area contributed by atoms with Crippen LogP contribution >= 0.6 is 0 Å². The van der Waals surface area contributed by atoms with E-state index in [-0.39, 0.29) is 0 Å². The van der Waals surface area contributed by atoms with Gasteiger partial charge in [0.05, 0.1) is 0 Å². The zero-order valence-electron chi connectivity index (χ0n) is 8.52. The Morgan fingerprint density at radius 1 is 1.33 bits per heavy atom. The van der Waals surface area contributed by atoms with Crippen LogP contribution in [0.3, 0.4) is 0 Å². The van der Waals surface area contributed by atoms with Crippen LogP contribution in [-0.2, 0) is 4.74 Å². The highest BCUT2D eigenvalue weighted by Crippen LogP contribution is 2.28. The van der Waals surface area contributed by atoms with Crippen molar-refractivity contribution in [2.24, 2.45) is 5.41 Å². The Hall–Kier alpha value is -0.0800. The van der Waals surface area contributed by atoms with Crippen LogP contribution in [0.15, 0.2) is 0 Å². The lowest BCUT2D eigenvalue weighted by atomic mass is 9.82. The number of nitrogens with one attached hydrogen (secondary N) is 1. The first-order valence-corrected chi connectivity index (χ1v) is 4.93. The summed E-state index contributed by atoms with van der Waals surface area (Å²) >= 11 is 0. The molecule has 1 rings (SSSR count). The van der Waals surface area contributed by atoms with Gasteiger partial charge in [-0.2, -0.15) is 0 Å². The molecule has 0 aromatic carbocycles. The highest BCUT2D eigenvalue weighted by Gasteiger charge is 2.26. The van der Waals surface area contributed by atoms with Crippen LogP contribution in [0.25, 0.3) is 0 Å². The summed E-state index contributed by atoms with van der Waals surface area (Å²) in [6.45, 7) is 9.76. The maximum Gasteiger partial charge on any atom is 0.0471 e. The molecule has 0 spiro atoms. The summed E-state index contributed by atoms with van der Waals surface area (Å²) in [5.41, 5.74) is 0.475. The van der Waals surface area contributed by atoms with E-state index in [0.29, 0.717) is 11.5 Å². The van der Waals surface area contributed by atoms with Gasteiger partial charge in [-0.05, 0) is 18.3 Å². The quantitative estimate of drug-likeness (QED) is 0.699. The smallest absolute Gasteiger partial charge is 0.0471 e. The van der Waals surface area contributed by atoms with Gasteiger partial charge in [0.2, 0.25) is 0 Å². The van der Waals surface area contributed by atoms with E-state index >= 15 is 0 Å². The van der Waals surface area contributed by atoms with Crippen LogP contribution in [0, 0.1) is 5.41 Å². The second-order valence-corrected chi connectivity index (χ2v) is 4.46. The number of hydrogen-bond acceptors (Lipinski definition) is 2. The Kier molecular flexibility index (Phi) is 3.53. The van der Waals surface area contributed by atoms with Crippen LogP contribution in [0.2, 0.25) is 0 Å². The van der Waals surface area contributed by atoms with Gasteiger partial charge in [0.1, 0.15) is 0 Å². The summed E-state index contributed by atoms with van der Waals surface area (Å²) in [5.74, 6) is 0. The third-order valence-corrected chi connectivity index (χ3v) is 2.64. The molecule has 0 amide bonds. The van der Waals surface area contributed by atoms with E-state index in [4.69, 9.17) is 4.74 Å². The molecule has 12 heavy (non-hydrogen) atoms. The van der Waals surface area contributed by atoms with Crippen LogP contribution in [0.4, 0.5) is 0 Å². The van der Waals surface area contributed by atoms with Crippen molar-refractivity contribution in [3.05, 3.63) is 0 Å².